The second-order valence-corrected chi connectivity index (χ2v) is 9.52. The predicted octanol–water partition coefficient (Wildman–Crippen LogP) is -1.02. The molecule has 0 aliphatic heterocycles. The van der Waals surface area contributed by atoms with Gasteiger partial charge in [0.2, 0.25) is 23.6 Å². The van der Waals surface area contributed by atoms with Gasteiger partial charge < -0.3 is 37.6 Å². The highest BCUT2D eigenvalue weighted by Crippen LogP contribution is 2.08. The zero-order valence-electron chi connectivity index (χ0n) is 21.1. The SMILES string of the molecule is CSCCC(NC(=O)C(Cc1ccccc1)NC(=O)C(N)CCC(N)=O)C(=O)NC(CCC(=O)O)C(=O)O. The number of primary amides is 1. The van der Waals surface area contributed by atoms with E-state index < -0.39 is 66.2 Å². The lowest BCUT2D eigenvalue weighted by molar-refractivity contribution is -0.143. The molecule has 0 aromatic heterocycles. The van der Waals surface area contributed by atoms with E-state index in [1.807, 2.05) is 0 Å². The van der Waals surface area contributed by atoms with E-state index in [0.717, 1.165) is 0 Å². The summed E-state index contributed by atoms with van der Waals surface area (Å²) >= 11 is 1.40. The Hall–Kier alpha value is -3.65. The maximum Gasteiger partial charge on any atom is 0.326 e. The van der Waals surface area contributed by atoms with Crippen LogP contribution in [0.3, 0.4) is 0 Å². The highest BCUT2D eigenvalue weighted by atomic mass is 32.2. The molecular formula is C24H35N5O8S. The van der Waals surface area contributed by atoms with Gasteiger partial charge in [-0.25, -0.2) is 4.79 Å². The summed E-state index contributed by atoms with van der Waals surface area (Å²) in [4.78, 5) is 72.2. The first-order valence-corrected chi connectivity index (χ1v) is 13.3. The minimum absolute atomic E-state index is 0.0213. The van der Waals surface area contributed by atoms with Crippen LogP contribution in [0.25, 0.3) is 0 Å². The normalized spacial score (nSPS) is 13.8. The Morgan fingerprint density at radius 1 is 0.816 bits per heavy atom. The molecule has 14 heteroatoms. The van der Waals surface area contributed by atoms with Crippen LogP contribution in [0.2, 0.25) is 0 Å². The number of thioether (sulfide) groups is 1. The van der Waals surface area contributed by atoms with E-state index in [0.29, 0.717) is 11.3 Å². The number of benzene rings is 1. The average molecular weight is 554 g/mol. The fourth-order valence-corrected chi connectivity index (χ4v) is 3.81. The standard InChI is InChI=1S/C24H35N5O8S/c1-38-12-11-16(22(34)28-17(24(36)37)8-10-20(31)32)27-23(35)18(13-14-5-3-2-4-6-14)29-21(33)15(25)7-9-19(26)30/h2-6,15-18H,7-13,25H2,1H3,(H2,26,30)(H,27,35)(H,28,34)(H,29,33)(H,31,32)(H,36,37). The molecule has 4 atom stereocenters. The molecule has 0 heterocycles. The molecule has 0 aliphatic carbocycles. The van der Waals surface area contributed by atoms with Gasteiger partial charge in [-0.3, -0.25) is 24.0 Å². The third-order valence-electron chi connectivity index (χ3n) is 5.46. The fourth-order valence-electron chi connectivity index (χ4n) is 3.34. The summed E-state index contributed by atoms with van der Waals surface area (Å²) in [6, 6.07) is 3.92. The van der Waals surface area contributed by atoms with E-state index in [-0.39, 0.29) is 32.1 Å². The van der Waals surface area contributed by atoms with Crippen molar-refractivity contribution in [2.24, 2.45) is 11.5 Å². The van der Waals surface area contributed by atoms with Crippen LogP contribution in [0.15, 0.2) is 30.3 Å². The first-order valence-electron chi connectivity index (χ1n) is 11.9. The quantitative estimate of drug-likeness (QED) is 0.117. The number of nitrogens with one attached hydrogen (secondary N) is 3. The number of carbonyl (C=O) groups is 6. The van der Waals surface area contributed by atoms with Crippen molar-refractivity contribution in [2.75, 3.05) is 12.0 Å². The minimum atomic E-state index is -1.46. The summed E-state index contributed by atoms with van der Waals surface area (Å²) in [6.07, 6.45) is 1.05. The highest BCUT2D eigenvalue weighted by Gasteiger charge is 2.30. The van der Waals surface area contributed by atoms with Gasteiger partial charge in [-0.1, -0.05) is 30.3 Å². The van der Waals surface area contributed by atoms with Crippen LogP contribution in [0.5, 0.6) is 0 Å². The molecule has 1 rings (SSSR count). The molecule has 210 valence electrons. The maximum absolute atomic E-state index is 13.3. The zero-order chi connectivity index (χ0) is 28.7. The average Bonchev–Trinajstić information content (AvgIpc) is 2.86. The van der Waals surface area contributed by atoms with Crippen molar-refractivity contribution in [3.8, 4) is 0 Å². The number of carboxylic acids is 2. The van der Waals surface area contributed by atoms with E-state index in [1.54, 1.807) is 36.6 Å². The molecule has 1 aromatic rings. The molecule has 0 aliphatic rings. The van der Waals surface area contributed by atoms with Gasteiger partial charge in [0, 0.05) is 19.3 Å². The lowest BCUT2D eigenvalue weighted by Crippen LogP contribution is -2.57. The lowest BCUT2D eigenvalue weighted by Gasteiger charge is -2.25. The Kier molecular flexibility index (Phi) is 14.5. The number of nitrogens with two attached hydrogens (primary N) is 2. The van der Waals surface area contributed by atoms with Crippen LogP contribution in [-0.2, 0) is 35.2 Å². The molecule has 0 fully saturated rings. The van der Waals surface area contributed by atoms with Gasteiger partial charge in [0.1, 0.15) is 18.1 Å². The van der Waals surface area contributed by atoms with Gasteiger partial charge in [-0.15, -0.1) is 0 Å². The molecule has 9 N–H and O–H groups in total. The second kappa shape index (κ2) is 17.0. The van der Waals surface area contributed by atoms with Gasteiger partial charge >= 0.3 is 11.9 Å². The largest absolute Gasteiger partial charge is 0.481 e. The molecule has 13 nitrogen and oxygen atoms in total. The summed E-state index contributed by atoms with van der Waals surface area (Å²) in [5.74, 6) is -5.00. The van der Waals surface area contributed by atoms with Crippen LogP contribution in [0.4, 0.5) is 0 Å². The van der Waals surface area contributed by atoms with Gasteiger partial charge in [0.15, 0.2) is 0 Å². The number of amides is 4. The zero-order valence-corrected chi connectivity index (χ0v) is 21.9. The summed E-state index contributed by atoms with van der Waals surface area (Å²) in [6.45, 7) is 0. The Balaban J connectivity index is 3.06. The van der Waals surface area contributed by atoms with Gasteiger partial charge in [-0.05, 0) is 36.8 Å². The fraction of sp³-hybridized carbons (Fsp3) is 0.500. The molecule has 0 spiro atoms. The first-order chi connectivity index (χ1) is 17.9. The molecule has 0 saturated carbocycles. The van der Waals surface area contributed by atoms with Crippen LogP contribution < -0.4 is 27.4 Å². The molecule has 0 saturated heterocycles. The van der Waals surface area contributed by atoms with Gasteiger partial charge in [-0.2, -0.15) is 11.8 Å². The molecule has 0 bridgehead atoms. The van der Waals surface area contributed by atoms with Crippen molar-refractivity contribution in [2.45, 2.75) is 62.7 Å². The van der Waals surface area contributed by atoms with Gasteiger partial charge in [0.25, 0.3) is 0 Å². The van der Waals surface area contributed by atoms with E-state index in [2.05, 4.69) is 16.0 Å². The van der Waals surface area contributed by atoms with Crippen molar-refractivity contribution in [1.82, 2.24) is 16.0 Å². The minimum Gasteiger partial charge on any atom is -0.481 e. The van der Waals surface area contributed by atoms with E-state index in [1.165, 1.54) is 11.8 Å². The Morgan fingerprint density at radius 3 is 1.95 bits per heavy atom. The summed E-state index contributed by atoms with van der Waals surface area (Å²) < 4.78 is 0. The van der Waals surface area contributed by atoms with Crippen molar-refractivity contribution in [3.05, 3.63) is 35.9 Å². The Labute approximate surface area is 224 Å². The summed E-state index contributed by atoms with van der Waals surface area (Å²) in [5, 5.41) is 25.6. The molecule has 0 radical (unpaired) electrons. The topological polar surface area (TPSA) is 231 Å². The van der Waals surface area contributed by atoms with Crippen LogP contribution in [-0.4, -0.2) is 82.0 Å². The number of hydrogen-bond donors (Lipinski definition) is 7. The monoisotopic (exact) mass is 553 g/mol. The molecule has 1 aromatic carbocycles. The van der Waals surface area contributed by atoms with Crippen molar-refractivity contribution < 1.29 is 39.0 Å². The van der Waals surface area contributed by atoms with E-state index in [9.17, 15) is 33.9 Å². The van der Waals surface area contributed by atoms with E-state index >= 15 is 0 Å². The number of aliphatic carboxylic acids is 2. The molecule has 4 amide bonds. The summed E-state index contributed by atoms with van der Waals surface area (Å²) in [7, 11) is 0. The lowest BCUT2D eigenvalue weighted by atomic mass is 10.0. The van der Waals surface area contributed by atoms with E-state index in [4.69, 9.17) is 16.6 Å². The molecular weight excluding hydrogens is 518 g/mol. The predicted molar refractivity (Wildman–Crippen MR) is 140 cm³/mol. The molecule has 4 unspecified atom stereocenters. The van der Waals surface area contributed by atoms with Crippen molar-refractivity contribution >= 4 is 47.3 Å². The highest BCUT2D eigenvalue weighted by molar-refractivity contribution is 7.98. The number of hydrogen-bond acceptors (Lipinski definition) is 8. The smallest absolute Gasteiger partial charge is 0.326 e. The van der Waals surface area contributed by atoms with Gasteiger partial charge in [0.05, 0.1) is 6.04 Å². The first kappa shape index (κ1) is 32.4. The van der Waals surface area contributed by atoms with Crippen molar-refractivity contribution in [1.29, 1.82) is 0 Å². The summed E-state index contributed by atoms with van der Waals surface area (Å²) in [5.41, 5.74) is 11.7. The number of carboxylic acid groups (broad SMARTS) is 2. The van der Waals surface area contributed by atoms with Crippen LogP contribution >= 0.6 is 11.8 Å². The van der Waals surface area contributed by atoms with Crippen LogP contribution in [0.1, 0.15) is 37.7 Å². The van der Waals surface area contributed by atoms with Crippen LogP contribution in [0, 0.1) is 0 Å². The second-order valence-electron chi connectivity index (χ2n) is 8.54. The maximum atomic E-state index is 13.3. The third kappa shape index (κ3) is 12.5. The molecule has 38 heavy (non-hydrogen) atoms. The Bertz CT molecular complexity index is 978. The Morgan fingerprint density at radius 2 is 1.39 bits per heavy atom. The van der Waals surface area contributed by atoms with Crippen molar-refractivity contribution in [3.63, 3.8) is 0 Å². The third-order valence-corrected chi connectivity index (χ3v) is 6.10. The number of rotatable bonds is 18. The number of carbonyl (C=O) groups excluding carboxylic acids is 4.